The van der Waals surface area contributed by atoms with Crippen LogP contribution in [0.1, 0.15) is 43.0 Å². The van der Waals surface area contributed by atoms with Crippen LogP contribution in [0.3, 0.4) is 0 Å². The van der Waals surface area contributed by atoms with Gasteiger partial charge in [-0.2, -0.15) is 0 Å². The van der Waals surface area contributed by atoms with Gasteiger partial charge in [-0.25, -0.2) is 4.79 Å². The highest BCUT2D eigenvalue weighted by Gasteiger charge is 2.36. The third-order valence-corrected chi connectivity index (χ3v) is 3.71. The van der Waals surface area contributed by atoms with Crippen molar-refractivity contribution in [2.24, 2.45) is 0 Å². The van der Waals surface area contributed by atoms with Crippen LogP contribution < -0.4 is 0 Å². The van der Waals surface area contributed by atoms with Gasteiger partial charge in [0.1, 0.15) is 6.04 Å². The number of nitrogens with zero attached hydrogens (tertiary/aromatic N) is 1. The molecule has 118 valence electrons. The molecule has 1 aliphatic rings. The Bertz CT molecular complexity index is 541. The number of likely N-dealkylation sites (tertiary alicyclic amines) is 1. The second kappa shape index (κ2) is 7.73. The van der Waals surface area contributed by atoms with E-state index in [0.29, 0.717) is 25.1 Å². The van der Waals surface area contributed by atoms with Crippen LogP contribution in [0.25, 0.3) is 0 Å². The fourth-order valence-corrected chi connectivity index (χ4v) is 2.56. The molecule has 1 unspecified atom stereocenters. The summed E-state index contributed by atoms with van der Waals surface area (Å²) in [4.78, 5) is 38.2. The second-order valence-corrected chi connectivity index (χ2v) is 5.37. The molecule has 1 aliphatic heterocycles. The summed E-state index contributed by atoms with van der Waals surface area (Å²) >= 11 is 0. The number of hydrogen-bond acceptors (Lipinski definition) is 4. The van der Waals surface area contributed by atoms with Gasteiger partial charge in [-0.1, -0.05) is 37.3 Å². The van der Waals surface area contributed by atoms with Crippen molar-refractivity contribution >= 4 is 17.7 Å². The maximum absolute atomic E-state index is 12.5. The highest BCUT2D eigenvalue weighted by molar-refractivity contribution is 6.43. The molecule has 0 aromatic heterocycles. The largest absolute Gasteiger partial charge is 0.464 e. The Kier molecular flexibility index (Phi) is 5.69. The van der Waals surface area contributed by atoms with Crippen molar-refractivity contribution in [3.05, 3.63) is 35.9 Å². The van der Waals surface area contributed by atoms with E-state index in [1.807, 2.05) is 6.92 Å². The highest BCUT2D eigenvalue weighted by Crippen LogP contribution is 2.20. The monoisotopic (exact) mass is 303 g/mol. The molecule has 0 radical (unpaired) electrons. The number of rotatable bonds is 5. The molecule has 5 nitrogen and oxygen atoms in total. The zero-order valence-electron chi connectivity index (χ0n) is 12.8. The van der Waals surface area contributed by atoms with E-state index in [-0.39, 0.29) is 0 Å². The zero-order valence-corrected chi connectivity index (χ0v) is 12.8. The first-order chi connectivity index (χ1) is 10.6. The van der Waals surface area contributed by atoms with Crippen molar-refractivity contribution in [3.8, 4) is 0 Å². The summed E-state index contributed by atoms with van der Waals surface area (Å²) in [5.41, 5.74) is 0.346. The van der Waals surface area contributed by atoms with Gasteiger partial charge in [0.15, 0.2) is 0 Å². The minimum atomic E-state index is -0.638. The van der Waals surface area contributed by atoms with Crippen molar-refractivity contribution in [3.63, 3.8) is 0 Å². The number of ether oxygens (including phenoxy) is 1. The summed E-state index contributed by atoms with van der Waals surface area (Å²) in [6.07, 6.45) is 2.94. The Hall–Kier alpha value is -2.17. The molecule has 0 saturated carbocycles. The lowest BCUT2D eigenvalue weighted by molar-refractivity contribution is -0.155. The molecule has 1 saturated heterocycles. The Morgan fingerprint density at radius 1 is 1.18 bits per heavy atom. The van der Waals surface area contributed by atoms with Gasteiger partial charge in [0, 0.05) is 12.1 Å². The number of piperidine rings is 1. The first-order valence-electron chi connectivity index (χ1n) is 7.72. The molecule has 1 heterocycles. The van der Waals surface area contributed by atoms with E-state index in [1.54, 1.807) is 30.3 Å². The topological polar surface area (TPSA) is 63.7 Å². The van der Waals surface area contributed by atoms with Crippen LogP contribution in [-0.4, -0.2) is 41.8 Å². The molecular formula is C17H21NO4. The third kappa shape index (κ3) is 3.72. The van der Waals surface area contributed by atoms with Gasteiger partial charge < -0.3 is 9.64 Å². The molecule has 0 bridgehead atoms. The summed E-state index contributed by atoms with van der Waals surface area (Å²) in [6, 6.07) is 7.78. The molecule has 0 aliphatic carbocycles. The fraction of sp³-hybridized carbons (Fsp3) is 0.471. The van der Waals surface area contributed by atoms with Crippen LogP contribution in [0.2, 0.25) is 0 Å². The van der Waals surface area contributed by atoms with Gasteiger partial charge in [0.25, 0.3) is 5.91 Å². The molecule has 0 spiro atoms. The predicted octanol–water partition coefficient (Wildman–Crippen LogP) is 2.20. The summed E-state index contributed by atoms with van der Waals surface area (Å²) in [5, 5.41) is 0. The zero-order chi connectivity index (χ0) is 15.9. The number of Topliss-reactive ketones (excluding diaryl/α,β-unsaturated/α-hetero) is 1. The van der Waals surface area contributed by atoms with Crippen LogP contribution >= 0.6 is 0 Å². The van der Waals surface area contributed by atoms with Crippen molar-refractivity contribution in [1.29, 1.82) is 0 Å². The summed E-state index contributed by atoms with van der Waals surface area (Å²) in [6.45, 7) is 2.67. The molecule has 1 atom stereocenters. The molecule has 1 amide bonds. The van der Waals surface area contributed by atoms with Crippen LogP contribution in [0.15, 0.2) is 30.3 Å². The minimum Gasteiger partial charge on any atom is -0.464 e. The molecule has 0 N–H and O–H groups in total. The van der Waals surface area contributed by atoms with E-state index >= 15 is 0 Å². The molecule has 2 rings (SSSR count). The Labute approximate surface area is 130 Å². The number of amides is 1. The molecule has 1 aromatic rings. The van der Waals surface area contributed by atoms with Gasteiger partial charge in [0.05, 0.1) is 6.61 Å². The summed E-state index contributed by atoms with van der Waals surface area (Å²) in [5.74, 6) is -1.60. The third-order valence-electron chi connectivity index (χ3n) is 3.71. The normalized spacial score (nSPS) is 17.9. The summed E-state index contributed by atoms with van der Waals surface area (Å²) in [7, 11) is 0. The lowest BCUT2D eigenvalue weighted by Gasteiger charge is -2.33. The fourth-order valence-electron chi connectivity index (χ4n) is 2.56. The quantitative estimate of drug-likeness (QED) is 0.475. The molecule has 1 fully saturated rings. The van der Waals surface area contributed by atoms with E-state index in [0.717, 1.165) is 19.3 Å². The maximum atomic E-state index is 12.5. The van der Waals surface area contributed by atoms with Crippen molar-refractivity contribution in [2.75, 3.05) is 13.2 Å². The van der Waals surface area contributed by atoms with E-state index < -0.39 is 23.7 Å². The number of hydrogen-bond donors (Lipinski definition) is 0. The first-order valence-corrected chi connectivity index (χ1v) is 7.72. The Morgan fingerprint density at radius 3 is 2.59 bits per heavy atom. The van der Waals surface area contributed by atoms with Crippen LogP contribution in [0.4, 0.5) is 0 Å². The summed E-state index contributed by atoms with van der Waals surface area (Å²) < 4.78 is 5.15. The standard InChI is InChI=1S/C17H21NO4/c1-2-12-22-17(21)14-10-6-7-11-18(14)16(20)15(19)13-8-4-3-5-9-13/h3-5,8-9,14H,2,6-7,10-12H2,1H3. The number of benzene rings is 1. The minimum absolute atomic E-state index is 0.337. The average Bonchev–Trinajstić information content (AvgIpc) is 2.59. The van der Waals surface area contributed by atoms with E-state index in [9.17, 15) is 14.4 Å². The van der Waals surface area contributed by atoms with E-state index in [2.05, 4.69) is 0 Å². The molecule has 1 aromatic carbocycles. The van der Waals surface area contributed by atoms with Crippen molar-refractivity contribution in [2.45, 2.75) is 38.6 Å². The van der Waals surface area contributed by atoms with E-state index in [1.165, 1.54) is 4.90 Å². The van der Waals surface area contributed by atoms with Crippen molar-refractivity contribution in [1.82, 2.24) is 4.90 Å². The lowest BCUT2D eigenvalue weighted by atomic mass is 10.0. The van der Waals surface area contributed by atoms with E-state index in [4.69, 9.17) is 4.74 Å². The van der Waals surface area contributed by atoms with Gasteiger partial charge in [-0.3, -0.25) is 9.59 Å². The average molecular weight is 303 g/mol. The number of carbonyl (C=O) groups excluding carboxylic acids is 3. The predicted molar refractivity (Wildman–Crippen MR) is 81.4 cm³/mol. The van der Waals surface area contributed by atoms with Gasteiger partial charge in [-0.15, -0.1) is 0 Å². The SMILES string of the molecule is CCCOC(=O)C1CCCCN1C(=O)C(=O)c1ccccc1. The van der Waals surface area contributed by atoms with Crippen LogP contribution in [0, 0.1) is 0 Å². The van der Waals surface area contributed by atoms with Gasteiger partial charge in [0.2, 0.25) is 5.78 Å². The Balaban J connectivity index is 2.11. The first kappa shape index (κ1) is 16.2. The highest BCUT2D eigenvalue weighted by atomic mass is 16.5. The molecular weight excluding hydrogens is 282 g/mol. The number of esters is 1. The lowest BCUT2D eigenvalue weighted by Crippen LogP contribution is -2.51. The maximum Gasteiger partial charge on any atom is 0.328 e. The van der Waals surface area contributed by atoms with Crippen LogP contribution in [0.5, 0.6) is 0 Å². The van der Waals surface area contributed by atoms with Crippen LogP contribution in [-0.2, 0) is 14.3 Å². The van der Waals surface area contributed by atoms with Gasteiger partial charge >= 0.3 is 5.97 Å². The number of carbonyl (C=O) groups is 3. The Morgan fingerprint density at radius 2 is 1.91 bits per heavy atom. The molecule has 22 heavy (non-hydrogen) atoms. The van der Waals surface area contributed by atoms with Crippen molar-refractivity contribution < 1.29 is 19.1 Å². The number of ketones is 1. The smallest absolute Gasteiger partial charge is 0.328 e. The molecule has 5 heteroatoms. The van der Waals surface area contributed by atoms with Gasteiger partial charge in [-0.05, 0) is 25.7 Å². The second-order valence-electron chi connectivity index (χ2n) is 5.37.